The summed E-state index contributed by atoms with van der Waals surface area (Å²) in [5.41, 5.74) is 3.08. The van der Waals surface area contributed by atoms with Crippen LogP contribution in [0.25, 0.3) is 22.6 Å². The molecule has 202 valence electrons. The number of benzene rings is 1. The van der Waals surface area contributed by atoms with Gasteiger partial charge in [-0.1, -0.05) is 26.0 Å². The summed E-state index contributed by atoms with van der Waals surface area (Å²) in [4.78, 5) is 5.14. The van der Waals surface area contributed by atoms with Crippen molar-refractivity contribution in [3.63, 3.8) is 0 Å². The minimum Gasteiger partial charge on any atom is -0.379 e. The lowest BCUT2D eigenvalue weighted by molar-refractivity contribution is -0.187. The van der Waals surface area contributed by atoms with Gasteiger partial charge in [-0.05, 0) is 84.0 Å². The molecule has 2 saturated carbocycles. The maximum Gasteiger partial charge on any atom is 0.155 e. The van der Waals surface area contributed by atoms with Crippen LogP contribution < -0.4 is 0 Å². The van der Waals surface area contributed by atoms with E-state index in [2.05, 4.69) is 35.2 Å². The molecule has 40 heavy (non-hydrogen) atoms. The minimum atomic E-state index is -1.08. The number of nitrogens with zero attached hydrogens (tertiary/aromatic N) is 5. The molecular formula is C31H27F2N5O2. The summed E-state index contributed by atoms with van der Waals surface area (Å²) in [6.07, 6.45) is 1.86. The highest BCUT2D eigenvalue weighted by atomic mass is 19.1. The number of hydrogen-bond acceptors (Lipinski definition) is 7. The second kappa shape index (κ2) is 7.95. The number of aromatic nitrogens is 5. The van der Waals surface area contributed by atoms with Crippen molar-refractivity contribution in [3.05, 3.63) is 88.9 Å². The van der Waals surface area contributed by atoms with Crippen LogP contribution in [0.5, 0.6) is 0 Å². The molecule has 3 unspecified atom stereocenters. The normalized spacial score (nSPS) is 30.8. The maximum absolute atomic E-state index is 14.7. The predicted molar refractivity (Wildman–Crippen MR) is 141 cm³/mol. The van der Waals surface area contributed by atoms with Gasteiger partial charge in [0.1, 0.15) is 17.3 Å². The van der Waals surface area contributed by atoms with Crippen molar-refractivity contribution >= 4 is 0 Å². The van der Waals surface area contributed by atoms with E-state index in [1.807, 2.05) is 24.3 Å². The molecule has 0 bridgehead atoms. The van der Waals surface area contributed by atoms with Crippen molar-refractivity contribution in [1.29, 1.82) is 0 Å². The third-order valence-corrected chi connectivity index (χ3v) is 10.2. The molecule has 1 spiro atoms. The first kappa shape index (κ1) is 24.1. The van der Waals surface area contributed by atoms with Crippen LogP contribution in [-0.4, -0.2) is 43.7 Å². The van der Waals surface area contributed by atoms with Gasteiger partial charge in [-0.2, -0.15) is 10.2 Å². The number of rotatable bonds is 4. The summed E-state index contributed by atoms with van der Waals surface area (Å²) in [5.74, 6) is -0.208. The molecular weight excluding hydrogens is 512 g/mol. The van der Waals surface area contributed by atoms with Crippen molar-refractivity contribution in [2.75, 3.05) is 13.2 Å². The average molecular weight is 540 g/mol. The Kier molecular flexibility index (Phi) is 4.80. The van der Waals surface area contributed by atoms with Crippen LogP contribution in [0.4, 0.5) is 8.78 Å². The molecule has 4 aromatic rings. The maximum atomic E-state index is 14.7. The second-order valence-corrected chi connectivity index (χ2v) is 12.0. The van der Waals surface area contributed by atoms with Crippen LogP contribution in [0.15, 0.2) is 54.6 Å². The van der Waals surface area contributed by atoms with Gasteiger partial charge in [0.15, 0.2) is 5.60 Å². The topological polar surface area (TPSA) is 93.9 Å². The SMILES string of the molecule is CC1C[C@H]2c3cc(-c4c(F)cccc4F)nnc3[C@@]3(c4cccc(-c5ccc(C6(O)COC6)nn5)n4)CC(C)C123. The number of fused-ring (bicyclic) bond motifs is 3. The van der Waals surface area contributed by atoms with Gasteiger partial charge in [0, 0.05) is 0 Å². The Labute approximate surface area is 229 Å². The monoisotopic (exact) mass is 539 g/mol. The molecule has 3 aromatic heterocycles. The number of aliphatic hydroxyl groups is 1. The molecule has 4 aliphatic rings. The molecule has 5 atom stereocenters. The fourth-order valence-corrected chi connectivity index (χ4v) is 8.55. The van der Waals surface area contributed by atoms with E-state index in [0.717, 1.165) is 29.8 Å². The van der Waals surface area contributed by atoms with Gasteiger partial charge in [0.05, 0.1) is 52.7 Å². The highest BCUT2D eigenvalue weighted by molar-refractivity contribution is 5.66. The molecule has 3 fully saturated rings. The molecule has 1 N–H and O–H groups in total. The first-order valence-corrected chi connectivity index (χ1v) is 13.7. The summed E-state index contributed by atoms with van der Waals surface area (Å²) >= 11 is 0. The molecule has 4 heterocycles. The summed E-state index contributed by atoms with van der Waals surface area (Å²) in [6.45, 7) is 5.01. The van der Waals surface area contributed by atoms with Crippen LogP contribution in [-0.2, 0) is 15.8 Å². The first-order chi connectivity index (χ1) is 19.3. The van der Waals surface area contributed by atoms with E-state index in [1.165, 1.54) is 18.2 Å². The summed E-state index contributed by atoms with van der Waals surface area (Å²) < 4.78 is 34.5. The lowest BCUT2D eigenvalue weighted by atomic mass is 9.32. The van der Waals surface area contributed by atoms with E-state index in [9.17, 15) is 13.9 Å². The highest BCUT2D eigenvalue weighted by Gasteiger charge is 2.80. The largest absolute Gasteiger partial charge is 0.379 e. The smallest absolute Gasteiger partial charge is 0.155 e. The van der Waals surface area contributed by atoms with Crippen molar-refractivity contribution in [2.24, 2.45) is 17.3 Å². The number of hydrogen-bond donors (Lipinski definition) is 1. The molecule has 1 aromatic carbocycles. The Balaban J connectivity index is 1.25. The van der Waals surface area contributed by atoms with Crippen LogP contribution in [0, 0.1) is 28.9 Å². The van der Waals surface area contributed by atoms with Gasteiger partial charge >= 0.3 is 0 Å². The standard InChI is InChI=1S/C31H27F2N5O2/c1-16-11-19-18-12-24(27-20(32)5-3-6-21(27)33)36-38-28(18)30(13-17(2)31(16,19)30)26-8-4-7-22(34-26)23-9-10-25(37-35-23)29(39)14-40-15-29/h3-10,12,16-17,19,39H,11,13-15H2,1-2H3/t16?,17?,19-,30-,31?/m0/s1. The van der Waals surface area contributed by atoms with Crippen molar-refractivity contribution in [2.45, 2.75) is 43.6 Å². The third-order valence-electron chi connectivity index (χ3n) is 10.2. The van der Waals surface area contributed by atoms with E-state index >= 15 is 0 Å². The van der Waals surface area contributed by atoms with E-state index in [0.29, 0.717) is 28.9 Å². The van der Waals surface area contributed by atoms with Crippen molar-refractivity contribution in [3.8, 4) is 22.6 Å². The van der Waals surface area contributed by atoms with E-state index in [1.54, 1.807) is 6.07 Å². The van der Waals surface area contributed by atoms with Crippen LogP contribution in [0.2, 0.25) is 0 Å². The Bertz CT molecular complexity index is 1670. The van der Waals surface area contributed by atoms with Crippen LogP contribution >= 0.6 is 0 Å². The summed E-state index contributed by atoms with van der Waals surface area (Å²) in [5, 5.41) is 28.3. The molecule has 7 nitrogen and oxygen atoms in total. The molecule has 3 aliphatic carbocycles. The second-order valence-electron chi connectivity index (χ2n) is 12.0. The van der Waals surface area contributed by atoms with Gasteiger partial charge in [-0.15, -0.1) is 10.2 Å². The highest BCUT2D eigenvalue weighted by Crippen LogP contribution is 2.83. The Morgan fingerprint density at radius 3 is 2.23 bits per heavy atom. The van der Waals surface area contributed by atoms with E-state index in [4.69, 9.17) is 14.8 Å². The Hall–Kier alpha value is -3.69. The van der Waals surface area contributed by atoms with Gasteiger partial charge in [-0.3, -0.25) is 4.98 Å². The zero-order valence-electron chi connectivity index (χ0n) is 22.1. The molecule has 1 saturated heterocycles. The van der Waals surface area contributed by atoms with Gasteiger partial charge in [-0.25, -0.2) is 8.78 Å². The Morgan fingerprint density at radius 2 is 1.57 bits per heavy atom. The van der Waals surface area contributed by atoms with Crippen molar-refractivity contribution < 1.29 is 18.6 Å². The van der Waals surface area contributed by atoms with Crippen LogP contribution in [0.1, 0.15) is 55.3 Å². The number of pyridine rings is 1. The lowest BCUT2D eigenvalue weighted by Crippen LogP contribution is -2.68. The van der Waals surface area contributed by atoms with E-state index in [-0.39, 0.29) is 35.8 Å². The van der Waals surface area contributed by atoms with Crippen molar-refractivity contribution in [1.82, 2.24) is 25.4 Å². The van der Waals surface area contributed by atoms with Gasteiger partial charge in [0.25, 0.3) is 0 Å². The predicted octanol–water partition coefficient (Wildman–Crippen LogP) is 4.94. The molecule has 9 heteroatoms. The zero-order valence-corrected chi connectivity index (χ0v) is 22.1. The quantitative estimate of drug-likeness (QED) is 0.393. The van der Waals surface area contributed by atoms with Crippen LogP contribution in [0.3, 0.4) is 0 Å². The lowest BCUT2D eigenvalue weighted by Gasteiger charge is -2.70. The average Bonchev–Trinajstić information content (AvgIpc) is 3.09. The first-order valence-electron chi connectivity index (χ1n) is 13.7. The fraction of sp³-hybridized carbons (Fsp3) is 0.387. The fourth-order valence-electron chi connectivity index (χ4n) is 8.55. The number of halogens is 2. The summed E-state index contributed by atoms with van der Waals surface area (Å²) in [6, 6.07) is 15.3. The number of ether oxygens (including phenoxy) is 1. The molecule has 0 amide bonds. The molecule has 1 aliphatic heterocycles. The zero-order chi connectivity index (χ0) is 27.4. The Morgan fingerprint density at radius 1 is 0.825 bits per heavy atom. The third kappa shape index (κ3) is 2.77. The molecule has 0 radical (unpaired) electrons. The minimum absolute atomic E-state index is 0.0783. The van der Waals surface area contributed by atoms with E-state index < -0.39 is 22.7 Å². The summed E-state index contributed by atoms with van der Waals surface area (Å²) in [7, 11) is 0. The molecule has 8 rings (SSSR count). The van der Waals surface area contributed by atoms with Gasteiger partial charge < -0.3 is 9.84 Å². The van der Waals surface area contributed by atoms with Gasteiger partial charge in [0.2, 0.25) is 0 Å².